The van der Waals surface area contributed by atoms with Gasteiger partial charge in [0, 0.05) is 53.6 Å². The number of nitrogens with one attached hydrogen (secondary N) is 1. The van der Waals surface area contributed by atoms with Crippen LogP contribution in [0.5, 0.6) is 5.75 Å². The molecule has 0 unspecified atom stereocenters. The molecule has 37 heavy (non-hydrogen) atoms. The molecule has 1 amide bonds. The lowest BCUT2D eigenvalue weighted by atomic mass is 9.94. The Labute approximate surface area is 217 Å². The molecule has 0 saturated heterocycles. The van der Waals surface area contributed by atoms with Crippen molar-refractivity contribution in [1.82, 2.24) is 0 Å². The van der Waals surface area contributed by atoms with Gasteiger partial charge in [0.1, 0.15) is 11.3 Å². The molecule has 0 spiro atoms. The molecule has 0 fully saturated rings. The molecule has 5 aromatic rings. The smallest absolute Gasteiger partial charge is 0.248 e. The number of carbonyl (C=O) groups is 1. The van der Waals surface area contributed by atoms with Crippen LogP contribution in [0, 0.1) is 6.92 Å². The SMILES string of the molecule is COc1c(/C(C)=C/C(=O)Nc2ccc(N(C)C)cc2)cc2c(-c3cccc4ccccc34)coc2c1C. The van der Waals surface area contributed by atoms with Gasteiger partial charge < -0.3 is 19.4 Å². The number of rotatable bonds is 6. The van der Waals surface area contributed by atoms with E-state index in [1.807, 2.05) is 75.5 Å². The van der Waals surface area contributed by atoms with E-state index in [4.69, 9.17) is 9.15 Å². The predicted molar refractivity (Wildman–Crippen MR) is 153 cm³/mol. The number of nitrogens with zero attached hydrogens (tertiary/aromatic N) is 1. The minimum Gasteiger partial charge on any atom is -0.496 e. The fourth-order valence-corrected chi connectivity index (χ4v) is 4.84. The van der Waals surface area contributed by atoms with E-state index in [-0.39, 0.29) is 5.91 Å². The Morgan fingerprint density at radius 3 is 2.41 bits per heavy atom. The Morgan fingerprint density at radius 1 is 0.946 bits per heavy atom. The molecule has 0 radical (unpaired) electrons. The van der Waals surface area contributed by atoms with E-state index in [0.717, 1.165) is 55.6 Å². The number of fused-ring (bicyclic) bond motifs is 2. The monoisotopic (exact) mass is 490 g/mol. The van der Waals surface area contributed by atoms with Crippen molar-refractivity contribution in [2.24, 2.45) is 0 Å². The predicted octanol–water partition coefficient (Wildman–Crippen LogP) is 7.68. The number of anilines is 2. The Morgan fingerprint density at radius 2 is 1.68 bits per heavy atom. The summed E-state index contributed by atoms with van der Waals surface area (Å²) in [6, 6.07) is 24.4. The molecule has 0 atom stereocenters. The number of methoxy groups -OCH3 is 1. The van der Waals surface area contributed by atoms with Gasteiger partial charge in [-0.3, -0.25) is 4.79 Å². The third kappa shape index (κ3) is 4.56. The summed E-state index contributed by atoms with van der Waals surface area (Å²) in [7, 11) is 5.61. The average molecular weight is 491 g/mol. The van der Waals surface area contributed by atoms with Gasteiger partial charge in [0.2, 0.25) is 5.91 Å². The standard InChI is InChI=1S/C32H30N2O3/c1-20(17-30(35)33-23-13-15-24(16-14-23)34(3)4)27-18-28-29(19-37-32(28)21(2)31(27)36-5)26-12-8-10-22-9-6-7-11-25(22)26/h6-19H,1-5H3,(H,33,35)/b20-17+. The van der Waals surface area contributed by atoms with Gasteiger partial charge in [-0.15, -0.1) is 0 Å². The Hall–Kier alpha value is -4.51. The molecule has 0 aliphatic carbocycles. The van der Waals surface area contributed by atoms with Crippen molar-refractivity contribution >= 4 is 44.6 Å². The highest BCUT2D eigenvalue weighted by molar-refractivity contribution is 6.08. The van der Waals surface area contributed by atoms with Gasteiger partial charge in [0.25, 0.3) is 0 Å². The van der Waals surface area contributed by atoms with Crippen molar-refractivity contribution in [3.05, 3.63) is 96.3 Å². The fraction of sp³-hybridized carbons (Fsp3) is 0.156. The Balaban J connectivity index is 1.55. The van der Waals surface area contributed by atoms with Gasteiger partial charge in [-0.25, -0.2) is 0 Å². The molecule has 5 rings (SSSR count). The van der Waals surface area contributed by atoms with Gasteiger partial charge in [0.15, 0.2) is 0 Å². The first-order chi connectivity index (χ1) is 17.9. The second kappa shape index (κ2) is 9.86. The Bertz CT molecular complexity index is 1640. The van der Waals surface area contributed by atoms with E-state index < -0.39 is 0 Å². The summed E-state index contributed by atoms with van der Waals surface area (Å²) in [5.74, 6) is 0.500. The maximum atomic E-state index is 12.9. The van der Waals surface area contributed by atoms with Crippen molar-refractivity contribution in [1.29, 1.82) is 0 Å². The number of allylic oxidation sites excluding steroid dienone is 1. The second-order valence-corrected chi connectivity index (χ2v) is 9.39. The van der Waals surface area contributed by atoms with Gasteiger partial charge >= 0.3 is 0 Å². The molecule has 1 aromatic heterocycles. The zero-order chi connectivity index (χ0) is 26.1. The number of carbonyl (C=O) groups excluding carboxylic acids is 1. The van der Waals surface area contributed by atoms with Crippen LogP contribution in [-0.4, -0.2) is 27.1 Å². The molecule has 0 saturated carbocycles. The summed E-state index contributed by atoms with van der Waals surface area (Å²) in [5, 5.41) is 6.27. The normalized spacial score (nSPS) is 11.6. The number of benzene rings is 4. The lowest BCUT2D eigenvalue weighted by Gasteiger charge is -2.14. The van der Waals surface area contributed by atoms with Crippen molar-refractivity contribution in [3.8, 4) is 16.9 Å². The quantitative estimate of drug-likeness (QED) is 0.248. The highest BCUT2D eigenvalue weighted by Crippen LogP contribution is 2.42. The molecular formula is C32H30N2O3. The van der Waals surface area contributed by atoms with Gasteiger partial charge in [-0.05, 0) is 66.1 Å². The van der Waals surface area contributed by atoms with Crippen molar-refractivity contribution in [2.75, 3.05) is 31.4 Å². The summed E-state index contributed by atoms with van der Waals surface area (Å²) < 4.78 is 11.9. The second-order valence-electron chi connectivity index (χ2n) is 9.39. The van der Waals surface area contributed by atoms with Crippen molar-refractivity contribution < 1.29 is 13.9 Å². The number of hydrogen-bond acceptors (Lipinski definition) is 4. The third-order valence-electron chi connectivity index (χ3n) is 6.75. The molecule has 0 bridgehead atoms. The summed E-state index contributed by atoms with van der Waals surface area (Å²) >= 11 is 0. The molecule has 186 valence electrons. The molecule has 1 N–H and O–H groups in total. The highest BCUT2D eigenvalue weighted by atomic mass is 16.5. The molecule has 5 heteroatoms. The maximum absolute atomic E-state index is 12.9. The van der Waals surface area contributed by atoms with Crippen LogP contribution in [-0.2, 0) is 4.79 Å². The Kier molecular flexibility index (Phi) is 6.45. The number of amides is 1. The lowest BCUT2D eigenvalue weighted by Crippen LogP contribution is -2.10. The van der Waals surface area contributed by atoms with E-state index in [0.29, 0.717) is 5.75 Å². The minimum atomic E-state index is -0.198. The molecule has 0 aliphatic rings. The number of aryl methyl sites for hydroxylation is 1. The zero-order valence-corrected chi connectivity index (χ0v) is 21.8. The first-order valence-corrected chi connectivity index (χ1v) is 12.2. The number of ether oxygens (including phenoxy) is 1. The van der Waals surface area contributed by atoms with E-state index >= 15 is 0 Å². The number of furan rings is 1. The third-order valence-corrected chi connectivity index (χ3v) is 6.75. The van der Waals surface area contributed by atoms with Crippen molar-refractivity contribution in [2.45, 2.75) is 13.8 Å². The highest BCUT2D eigenvalue weighted by Gasteiger charge is 2.19. The summed E-state index contributed by atoms with van der Waals surface area (Å²) in [6.45, 7) is 3.91. The lowest BCUT2D eigenvalue weighted by molar-refractivity contribution is -0.111. The topological polar surface area (TPSA) is 54.7 Å². The molecule has 0 aliphatic heterocycles. The molecule has 1 heterocycles. The maximum Gasteiger partial charge on any atom is 0.248 e. The van der Waals surface area contributed by atoms with E-state index in [9.17, 15) is 4.79 Å². The number of hydrogen-bond donors (Lipinski definition) is 1. The van der Waals surface area contributed by atoms with Crippen molar-refractivity contribution in [3.63, 3.8) is 0 Å². The summed E-state index contributed by atoms with van der Waals surface area (Å²) in [5.41, 5.74) is 7.26. The van der Waals surface area contributed by atoms with Crippen LogP contribution < -0.4 is 15.0 Å². The first-order valence-electron chi connectivity index (χ1n) is 12.2. The van der Waals surface area contributed by atoms with Crippen LogP contribution in [0.2, 0.25) is 0 Å². The van der Waals surface area contributed by atoms with Gasteiger partial charge in [-0.2, -0.15) is 0 Å². The fourth-order valence-electron chi connectivity index (χ4n) is 4.84. The van der Waals surface area contributed by atoms with Crippen LogP contribution in [0.3, 0.4) is 0 Å². The van der Waals surface area contributed by atoms with Crippen LogP contribution in [0.15, 0.2) is 89.6 Å². The molecule has 5 nitrogen and oxygen atoms in total. The van der Waals surface area contributed by atoms with E-state index in [1.165, 1.54) is 5.39 Å². The zero-order valence-electron chi connectivity index (χ0n) is 21.8. The largest absolute Gasteiger partial charge is 0.496 e. The van der Waals surface area contributed by atoms with E-state index in [1.54, 1.807) is 13.2 Å². The van der Waals surface area contributed by atoms with Crippen LogP contribution in [0.4, 0.5) is 11.4 Å². The average Bonchev–Trinajstić information content (AvgIpc) is 3.32. The van der Waals surface area contributed by atoms with Crippen LogP contribution in [0.1, 0.15) is 18.1 Å². The van der Waals surface area contributed by atoms with Gasteiger partial charge in [0.05, 0.1) is 13.4 Å². The van der Waals surface area contributed by atoms with Crippen LogP contribution in [0.25, 0.3) is 38.4 Å². The summed E-state index contributed by atoms with van der Waals surface area (Å²) in [4.78, 5) is 14.9. The van der Waals surface area contributed by atoms with Gasteiger partial charge in [-0.1, -0.05) is 42.5 Å². The summed E-state index contributed by atoms with van der Waals surface area (Å²) in [6.07, 6.45) is 3.42. The minimum absolute atomic E-state index is 0.198. The molecular weight excluding hydrogens is 460 g/mol. The van der Waals surface area contributed by atoms with E-state index in [2.05, 4.69) is 41.7 Å². The first kappa shape index (κ1) is 24.2. The molecule has 4 aromatic carbocycles. The van der Waals surface area contributed by atoms with Crippen LogP contribution >= 0.6 is 0 Å².